The van der Waals surface area contributed by atoms with Crippen molar-refractivity contribution in [2.45, 2.75) is 12.3 Å². The van der Waals surface area contributed by atoms with Crippen molar-refractivity contribution in [2.24, 2.45) is 10.1 Å². The van der Waals surface area contributed by atoms with Gasteiger partial charge >= 0.3 is 0 Å². The minimum absolute atomic E-state index is 0.240. The zero-order chi connectivity index (χ0) is 16.5. The highest BCUT2D eigenvalue weighted by atomic mass is 16.6. The molecule has 2 aliphatic heterocycles. The molecule has 6 nitrogen and oxygen atoms in total. The van der Waals surface area contributed by atoms with Gasteiger partial charge in [-0.3, -0.25) is 9.79 Å². The zero-order valence-corrected chi connectivity index (χ0v) is 13.0. The lowest BCUT2D eigenvalue weighted by Gasteiger charge is -2.23. The lowest BCUT2D eigenvalue weighted by molar-refractivity contribution is -0.129. The average molecular weight is 321 g/mol. The van der Waals surface area contributed by atoms with Crippen LogP contribution in [-0.2, 0) is 9.63 Å². The monoisotopic (exact) mass is 321 g/mol. The second-order valence-electron chi connectivity index (χ2n) is 5.49. The molecular weight excluding hydrogens is 306 g/mol. The first-order valence-corrected chi connectivity index (χ1v) is 7.58. The van der Waals surface area contributed by atoms with E-state index in [-0.39, 0.29) is 5.91 Å². The molecule has 2 heterocycles. The van der Waals surface area contributed by atoms with Gasteiger partial charge in [-0.05, 0) is 17.7 Å². The van der Waals surface area contributed by atoms with Gasteiger partial charge in [-0.2, -0.15) is 0 Å². The molecule has 0 saturated carbocycles. The highest BCUT2D eigenvalue weighted by Crippen LogP contribution is 2.26. The van der Waals surface area contributed by atoms with Crippen LogP contribution >= 0.6 is 0 Å². The van der Waals surface area contributed by atoms with Crippen molar-refractivity contribution in [1.29, 1.82) is 0 Å². The molecule has 2 unspecified atom stereocenters. The lowest BCUT2D eigenvalue weighted by Crippen LogP contribution is -2.46. The zero-order valence-electron chi connectivity index (χ0n) is 13.0. The minimum atomic E-state index is -0.783. The van der Waals surface area contributed by atoms with Crippen molar-refractivity contribution in [3.8, 4) is 5.75 Å². The van der Waals surface area contributed by atoms with Gasteiger partial charge in [0.25, 0.3) is 5.91 Å². The number of carbonyl (C=O) groups excluding carboxylic acids is 1. The van der Waals surface area contributed by atoms with Crippen molar-refractivity contribution < 1.29 is 14.4 Å². The van der Waals surface area contributed by atoms with Gasteiger partial charge in [0.05, 0.1) is 7.11 Å². The molecule has 2 aliphatic rings. The first kappa shape index (κ1) is 14.4. The number of amides is 1. The molecule has 1 N–H and O–H groups in total. The Morgan fingerprint density at radius 2 is 1.83 bits per heavy atom. The first-order chi connectivity index (χ1) is 11.8. The maximum Gasteiger partial charge on any atom is 0.272 e. The largest absolute Gasteiger partial charge is 0.497 e. The van der Waals surface area contributed by atoms with Crippen molar-refractivity contribution in [1.82, 2.24) is 5.32 Å². The van der Waals surface area contributed by atoms with Crippen LogP contribution in [0.3, 0.4) is 0 Å². The summed E-state index contributed by atoms with van der Waals surface area (Å²) in [5, 5.41) is 6.91. The Bertz CT molecular complexity index is 828. The number of hydrogen-bond acceptors (Lipinski definition) is 5. The van der Waals surface area contributed by atoms with E-state index in [0.717, 1.165) is 16.9 Å². The molecule has 0 saturated heterocycles. The SMILES string of the molecule is COc1ccc(C2N=C3C(c4ccccc4)=NOC3C(=O)N2)cc1. The fourth-order valence-electron chi connectivity index (χ4n) is 2.75. The molecule has 1 amide bonds. The van der Waals surface area contributed by atoms with E-state index in [2.05, 4.69) is 15.5 Å². The van der Waals surface area contributed by atoms with E-state index in [1.165, 1.54) is 0 Å². The molecule has 0 bridgehead atoms. The van der Waals surface area contributed by atoms with Crippen LogP contribution in [0.15, 0.2) is 64.7 Å². The van der Waals surface area contributed by atoms with Crippen molar-refractivity contribution in [2.75, 3.05) is 7.11 Å². The molecule has 0 radical (unpaired) electrons. The third-order valence-electron chi connectivity index (χ3n) is 4.00. The van der Waals surface area contributed by atoms with Gasteiger partial charge in [0, 0.05) is 5.56 Å². The van der Waals surface area contributed by atoms with Gasteiger partial charge in [0.2, 0.25) is 6.10 Å². The number of oxime groups is 1. The normalized spacial score (nSPS) is 22.0. The Hall–Kier alpha value is -3.15. The maximum atomic E-state index is 12.3. The molecule has 120 valence electrons. The van der Waals surface area contributed by atoms with Crippen LogP contribution in [0.25, 0.3) is 0 Å². The number of benzene rings is 2. The Morgan fingerprint density at radius 1 is 1.08 bits per heavy atom. The summed E-state index contributed by atoms with van der Waals surface area (Å²) in [6.45, 7) is 0. The molecule has 0 fully saturated rings. The standard InChI is InChI=1S/C18H15N3O3/c1-23-13-9-7-12(8-10-13)17-19-15-14(11-5-3-2-4-6-11)21-24-16(15)18(22)20-17/h2-10,16-17H,1H3,(H,20,22). The Morgan fingerprint density at radius 3 is 2.54 bits per heavy atom. The van der Waals surface area contributed by atoms with Gasteiger partial charge < -0.3 is 14.9 Å². The lowest BCUT2D eigenvalue weighted by atomic mass is 10.00. The molecule has 2 aromatic rings. The molecule has 2 atom stereocenters. The van der Waals surface area contributed by atoms with Crippen LogP contribution in [-0.4, -0.2) is 30.5 Å². The van der Waals surface area contributed by atoms with E-state index in [9.17, 15) is 4.79 Å². The van der Waals surface area contributed by atoms with E-state index < -0.39 is 12.3 Å². The predicted octanol–water partition coefficient (Wildman–Crippen LogP) is 2.07. The van der Waals surface area contributed by atoms with Crippen molar-refractivity contribution in [3.05, 3.63) is 65.7 Å². The van der Waals surface area contributed by atoms with Crippen molar-refractivity contribution in [3.63, 3.8) is 0 Å². The van der Waals surface area contributed by atoms with Gasteiger partial charge in [0.1, 0.15) is 23.3 Å². The van der Waals surface area contributed by atoms with Crippen LogP contribution in [0.5, 0.6) is 5.75 Å². The van der Waals surface area contributed by atoms with E-state index in [1.54, 1.807) is 7.11 Å². The van der Waals surface area contributed by atoms with Crippen LogP contribution in [0.4, 0.5) is 0 Å². The van der Waals surface area contributed by atoms with E-state index in [0.29, 0.717) is 11.4 Å². The van der Waals surface area contributed by atoms with Crippen LogP contribution < -0.4 is 10.1 Å². The van der Waals surface area contributed by atoms with Crippen LogP contribution in [0.1, 0.15) is 17.3 Å². The highest BCUT2D eigenvalue weighted by molar-refractivity contribution is 6.53. The number of hydrogen-bond donors (Lipinski definition) is 1. The molecule has 0 spiro atoms. The smallest absolute Gasteiger partial charge is 0.272 e. The van der Waals surface area contributed by atoms with Crippen molar-refractivity contribution >= 4 is 17.3 Å². The number of fused-ring (bicyclic) bond motifs is 1. The quantitative estimate of drug-likeness (QED) is 0.940. The Kier molecular flexibility index (Phi) is 3.49. The molecule has 0 aliphatic carbocycles. The van der Waals surface area contributed by atoms with E-state index in [4.69, 9.17) is 9.57 Å². The molecule has 2 aromatic carbocycles. The van der Waals surface area contributed by atoms with E-state index in [1.807, 2.05) is 54.6 Å². The van der Waals surface area contributed by atoms with Gasteiger partial charge in [-0.15, -0.1) is 0 Å². The third-order valence-corrected chi connectivity index (χ3v) is 4.00. The minimum Gasteiger partial charge on any atom is -0.497 e. The summed E-state index contributed by atoms with van der Waals surface area (Å²) in [6, 6.07) is 17.0. The number of ether oxygens (including phenoxy) is 1. The summed E-state index contributed by atoms with van der Waals surface area (Å²) >= 11 is 0. The highest BCUT2D eigenvalue weighted by Gasteiger charge is 2.41. The second kappa shape index (κ2) is 5.81. The molecular formula is C18H15N3O3. The Labute approximate surface area is 138 Å². The number of nitrogens with one attached hydrogen (secondary N) is 1. The van der Waals surface area contributed by atoms with Gasteiger partial charge in [-0.25, -0.2) is 0 Å². The van der Waals surface area contributed by atoms with Gasteiger partial charge in [0.15, 0.2) is 0 Å². The van der Waals surface area contributed by atoms with Crippen LogP contribution in [0, 0.1) is 0 Å². The summed E-state index contributed by atoms with van der Waals surface area (Å²) in [6.07, 6.45) is -1.25. The third kappa shape index (κ3) is 2.42. The number of aliphatic imine (C=N–C) groups is 1. The number of methoxy groups -OCH3 is 1. The summed E-state index contributed by atoms with van der Waals surface area (Å²) in [7, 11) is 1.61. The fraction of sp³-hybridized carbons (Fsp3) is 0.167. The summed E-state index contributed by atoms with van der Waals surface area (Å²) in [4.78, 5) is 22.3. The summed E-state index contributed by atoms with van der Waals surface area (Å²) < 4.78 is 5.16. The molecule has 4 rings (SSSR count). The summed E-state index contributed by atoms with van der Waals surface area (Å²) in [5.41, 5.74) is 2.91. The first-order valence-electron chi connectivity index (χ1n) is 7.58. The number of nitrogens with zero attached hydrogens (tertiary/aromatic N) is 2. The van der Waals surface area contributed by atoms with Gasteiger partial charge in [-0.1, -0.05) is 47.6 Å². The molecule has 0 aromatic heterocycles. The maximum absolute atomic E-state index is 12.3. The predicted molar refractivity (Wildman–Crippen MR) is 89.2 cm³/mol. The van der Waals surface area contributed by atoms with Crippen LogP contribution in [0.2, 0.25) is 0 Å². The fourth-order valence-corrected chi connectivity index (χ4v) is 2.75. The number of carbonyl (C=O) groups is 1. The van der Waals surface area contributed by atoms with E-state index >= 15 is 0 Å². The molecule has 24 heavy (non-hydrogen) atoms. The second-order valence-corrected chi connectivity index (χ2v) is 5.49. The average Bonchev–Trinajstić information content (AvgIpc) is 3.07. The topological polar surface area (TPSA) is 72.3 Å². The summed E-state index contributed by atoms with van der Waals surface area (Å²) in [5.74, 6) is 0.512. The molecule has 6 heteroatoms. The number of rotatable bonds is 3. The Balaban J connectivity index is 1.70.